The molecule has 0 aromatic rings. The second-order valence-corrected chi connectivity index (χ2v) is 9.80. The zero-order valence-electron chi connectivity index (χ0n) is 20.6. The summed E-state index contributed by atoms with van der Waals surface area (Å²) in [6, 6.07) is 0. The van der Waals surface area contributed by atoms with E-state index in [1.54, 1.807) is 4.90 Å². The number of rotatable bonds is 22. The van der Waals surface area contributed by atoms with Crippen LogP contribution < -0.4 is 0 Å². The molecule has 0 bridgehead atoms. The van der Waals surface area contributed by atoms with Crippen LogP contribution in [0.4, 0.5) is 0 Å². The quantitative estimate of drug-likeness (QED) is 0.176. The molecule has 182 valence electrons. The summed E-state index contributed by atoms with van der Waals surface area (Å²) in [6.07, 6.45) is 27.5. The summed E-state index contributed by atoms with van der Waals surface area (Å²) in [5.74, 6) is -1.30. The van der Waals surface area contributed by atoms with Crippen molar-refractivity contribution in [1.29, 1.82) is 0 Å². The monoisotopic (exact) mass is 437 g/mol. The van der Waals surface area contributed by atoms with Gasteiger partial charge in [-0.2, -0.15) is 0 Å². The summed E-state index contributed by atoms with van der Waals surface area (Å²) >= 11 is 0. The fourth-order valence-corrected chi connectivity index (χ4v) is 4.71. The van der Waals surface area contributed by atoms with Crippen LogP contribution in [0.25, 0.3) is 0 Å². The Morgan fingerprint density at radius 1 is 0.710 bits per heavy atom. The van der Waals surface area contributed by atoms with E-state index in [2.05, 4.69) is 6.92 Å². The summed E-state index contributed by atoms with van der Waals surface area (Å²) in [5, 5.41) is 9.01. The molecule has 1 unspecified atom stereocenters. The van der Waals surface area contributed by atoms with Gasteiger partial charge >= 0.3 is 5.97 Å². The maximum absolute atomic E-state index is 11.8. The van der Waals surface area contributed by atoms with Crippen LogP contribution in [0, 0.1) is 5.92 Å². The Balaban J connectivity index is 1.73. The number of carbonyl (C=O) groups excluding carboxylic acids is 1. The number of unbranched alkanes of at least 4 members (excludes halogenated alkanes) is 19. The van der Waals surface area contributed by atoms with Crippen molar-refractivity contribution in [3.05, 3.63) is 0 Å². The Morgan fingerprint density at radius 3 is 1.39 bits per heavy atom. The molecular weight excluding hydrogens is 386 g/mol. The smallest absolute Gasteiger partial charge is 0.308 e. The SMILES string of the molecule is CCCCCCCCCCCCCCCCCCCCCCN1CC(C(=O)O)CC1=O. The lowest BCUT2D eigenvalue weighted by Gasteiger charge is -2.15. The van der Waals surface area contributed by atoms with Crippen LogP contribution in [0.1, 0.15) is 142 Å². The molecule has 4 nitrogen and oxygen atoms in total. The van der Waals surface area contributed by atoms with E-state index in [4.69, 9.17) is 5.11 Å². The molecule has 1 saturated heterocycles. The Hall–Kier alpha value is -1.06. The standard InChI is InChI=1S/C27H51NO3/c1-2-3-4-5-6-7-8-9-10-11-12-13-14-15-16-17-18-19-20-21-22-28-24-25(27(30)31)23-26(28)29/h25H,2-24H2,1H3,(H,30,31). The first kappa shape index (κ1) is 28.0. The first-order valence-electron chi connectivity index (χ1n) is 13.7. The predicted molar refractivity (Wildman–Crippen MR) is 130 cm³/mol. The number of carbonyl (C=O) groups is 2. The van der Waals surface area contributed by atoms with E-state index < -0.39 is 11.9 Å². The van der Waals surface area contributed by atoms with Gasteiger partial charge in [0.05, 0.1) is 5.92 Å². The normalized spacial score (nSPS) is 16.4. The Kier molecular flexibility index (Phi) is 17.7. The van der Waals surface area contributed by atoms with Gasteiger partial charge in [0, 0.05) is 19.5 Å². The van der Waals surface area contributed by atoms with Gasteiger partial charge in [-0.25, -0.2) is 0 Å². The molecule has 31 heavy (non-hydrogen) atoms. The van der Waals surface area contributed by atoms with Crippen molar-refractivity contribution in [3.63, 3.8) is 0 Å². The summed E-state index contributed by atoms with van der Waals surface area (Å²) in [5.41, 5.74) is 0. The van der Waals surface area contributed by atoms with E-state index >= 15 is 0 Å². The summed E-state index contributed by atoms with van der Waals surface area (Å²) < 4.78 is 0. The predicted octanol–water partition coefficient (Wildman–Crippen LogP) is 7.74. The van der Waals surface area contributed by atoms with Gasteiger partial charge in [0.15, 0.2) is 0 Å². The molecule has 1 fully saturated rings. The number of amides is 1. The van der Waals surface area contributed by atoms with Gasteiger partial charge in [-0.1, -0.05) is 129 Å². The average Bonchev–Trinajstić information content (AvgIpc) is 3.13. The number of carboxylic acids is 1. The summed E-state index contributed by atoms with van der Waals surface area (Å²) in [6.45, 7) is 3.43. The Morgan fingerprint density at radius 2 is 1.06 bits per heavy atom. The minimum atomic E-state index is -0.834. The Bertz CT molecular complexity index is 452. The highest BCUT2D eigenvalue weighted by Crippen LogP contribution is 2.19. The lowest BCUT2D eigenvalue weighted by Crippen LogP contribution is -2.27. The van der Waals surface area contributed by atoms with Gasteiger partial charge in [0.1, 0.15) is 0 Å². The number of hydrogen-bond donors (Lipinski definition) is 1. The van der Waals surface area contributed by atoms with Crippen molar-refractivity contribution in [2.24, 2.45) is 5.92 Å². The lowest BCUT2D eigenvalue weighted by molar-refractivity contribution is -0.141. The van der Waals surface area contributed by atoms with Crippen LogP contribution in [0.2, 0.25) is 0 Å². The molecule has 4 heteroatoms. The third-order valence-corrected chi connectivity index (χ3v) is 6.85. The third-order valence-electron chi connectivity index (χ3n) is 6.85. The lowest BCUT2D eigenvalue weighted by atomic mass is 10.0. The van der Waals surface area contributed by atoms with Gasteiger partial charge in [0.25, 0.3) is 0 Å². The number of hydrogen-bond acceptors (Lipinski definition) is 2. The molecular formula is C27H51NO3. The van der Waals surface area contributed by atoms with E-state index in [9.17, 15) is 9.59 Å². The maximum atomic E-state index is 11.8. The third kappa shape index (κ3) is 15.4. The van der Waals surface area contributed by atoms with Gasteiger partial charge in [-0.3, -0.25) is 9.59 Å². The molecule has 0 spiro atoms. The highest BCUT2D eigenvalue weighted by atomic mass is 16.4. The van der Waals surface area contributed by atoms with Crippen molar-refractivity contribution < 1.29 is 14.7 Å². The van der Waals surface area contributed by atoms with Crippen molar-refractivity contribution in [3.8, 4) is 0 Å². The van der Waals surface area contributed by atoms with E-state index in [0.717, 1.165) is 19.4 Å². The molecule has 0 saturated carbocycles. The molecule has 1 atom stereocenters. The van der Waals surface area contributed by atoms with Crippen molar-refractivity contribution in [2.75, 3.05) is 13.1 Å². The van der Waals surface area contributed by atoms with Crippen LogP contribution in [0.15, 0.2) is 0 Å². The molecule has 0 aliphatic carbocycles. The molecule has 1 aliphatic rings. The van der Waals surface area contributed by atoms with Gasteiger partial charge in [0.2, 0.25) is 5.91 Å². The topological polar surface area (TPSA) is 57.6 Å². The van der Waals surface area contributed by atoms with E-state index in [1.165, 1.54) is 116 Å². The minimum absolute atomic E-state index is 0.0187. The zero-order valence-corrected chi connectivity index (χ0v) is 20.6. The van der Waals surface area contributed by atoms with Crippen molar-refractivity contribution in [1.82, 2.24) is 4.90 Å². The Labute approximate surface area is 192 Å². The highest BCUT2D eigenvalue weighted by Gasteiger charge is 2.33. The fraction of sp³-hybridized carbons (Fsp3) is 0.926. The molecule has 1 amide bonds. The van der Waals surface area contributed by atoms with Crippen LogP contribution in [0.3, 0.4) is 0 Å². The molecule has 0 aromatic carbocycles. The van der Waals surface area contributed by atoms with E-state index in [1.807, 2.05) is 0 Å². The molecule has 0 aromatic heterocycles. The summed E-state index contributed by atoms with van der Waals surface area (Å²) in [4.78, 5) is 24.5. The number of likely N-dealkylation sites (tertiary alicyclic amines) is 1. The first-order valence-corrected chi connectivity index (χ1v) is 13.7. The van der Waals surface area contributed by atoms with Gasteiger partial charge in [-0.15, -0.1) is 0 Å². The molecule has 1 aliphatic heterocycles. The van der Waals surface area contributed by atoms with Gasteiger partial charge in [-0.05, 0) is 6.42 Å². The van der Waals surface area contributed by atoms with Gasteiger partial charge < -0.3 is 10.0 Å². The van der Waals surface area contributed by atoms with E-state index in [-0.39, 0.29) is 12.3 Å². The van der Waals surface area contributed by atoms with Crippen LogP contribution >= 0.6 is 0 Å². The van der Waals surface area contributed by atoms with Crippen LogP contribution in [-0.2, 0) is 9.59 Å². The zero-order chi connectivity index (χ0) is 22.6. The number of nitrogens with zero attached hydrogens (tertiary/aromatic N) is 1. The highest BCUT2D eigenvalue weighted by molar-refractivity contribution is 5.86. The average molecular weight is 438 g/mol. The molecule has 1 rings (SSSR count). The molecule has 1 heterocycles. The van der Waals surface area contributed by atoms with Crippen molar-refractivity contribution >= 4 is 11.9 Å². The van der Waals surface area contributed by atoms with Crippen LogP contribution in [-0.4, -0.2) is 35.0 Å². The fourth-order valence-electron chi connectivity index (χ4n) is 4.71. The second-order valence-electron chi connectivity index (χ2n) is 9.80. The number of carboxylic acid groups (broad SMARTS) is 1. The van der Waals surface area contributed by atoms with E-state index in [0.29, 0.717) is 6.54 Å². The largest absolute Gasteiger partial charge is 0.481 e. The minimum Gasteiger partial charge on any atom is -0.481 e. The maximum Gasteiger partial charge on any atom is 0.308 e. The van der Waals surface area contributed by atoms with Crippen LogP contribution in [0.5, 0.6) is 0 Å². The van der Waals surface area contributed by atoms with Crippen molar-refractivity contribution in [2.45, 2.75) is 142 Å². The molecule has 0 radical (unpaired) electrons. The summed E-state index contributed by atoms with van der Waals surface area (Å²) in [7, 11) is 0. The number of aliphatic carboxylic acids is 1. The molecule has 1 N–H and O–H groups in total. The second kappa shape index (κ2) is 19.6. The first-order chi connectivity index (χ1) is 15.1.